The Morgan fingerprint density at radius 2 is 1.30 bits per heavy atom. The van der Waals surface area contributed by atoms with Crippen LogP contribution in [-0.2, 0) is 9.47 Å². The van der Waals surface area contributed by atoms with Crippen molar-refractivity contribution in [1.29, 1.82) is 0 Å². The van der Waals surface area contributed by atoms with Crippen LogP contribution in [0.25, 0.3) is 0 Å². The van der Waals surface area contributed by atoms with Crippen molar-refractivity contribution in [3.05, 3.63) is 0 Å². The Morgan fingerprint density at radius 3 is 1.60 bits per heavy atom. The third-order valence-corrected chi connectivity index (χ3v) is 2.11. The molecule has 58 valence electrons. The van der Waals surface area contributed by atoms with Gasteiger partial charge in [0, 0.05) is 0 Å². The van der Waals surface area contributed by atoms with Gasteiger partial charge in [-0.3, -0.25) is 0 Å². The normalized spacial score (nSPS) is 36.0. The van der Waals surface area contributed by atoms with E-state index in [0.717, 1.165) is 13.2 Å². The Labute approximate surface area is 61.5 Å². The average molecular weight is 142 g/mol. The molecule has 0 amide bonds. The second-order valence-corrected chi connectivity index (χ2v) is 3.20. The van der Waals surface area contributed by atoms with Crippen molar-refractivity contribution < 1.29 is 9.47 Å². The highest BCUT2D eigenvalue weighted by atomic mass is 16.6. The van der Waals surface area contributed by atoms with Crippen molar-refractivity contribution in [3.63, 3.8) is 0 Å². The number of unbranched alkanes of at least 4 members (excludes halogenated alkanes) is 1. The fourth-order valence-electron chi connectivity index (χ4n) is 1.21. The number of rotatable bonds is 5. The minimum Gasteiger partial charge on any atom is -0.373 e. The summed E-state index contributed by atoms with van der Waals surface area (Å²) >= 11 is 0. The molecular weight excluding hydrogens is 128 g/mol. The van der Waals surface area contributed by atoms with Crippen LogP contribution >= 0.6 is 0 Å². The first-order valence-corrected chi connectivity index (χ1v) is 4.18. The lowest BCUT2D eigenvalue weighted by Gasteiger charge is -1.93. The van der Waals surface area contributed by atoms with Crippen LogP contribution in [0.1, 0.15) is 25.7 Å². The molecule has 0 saturated carbocycles. The van der Waals surface area contributed by atoms with E-state index in [1.54, 1.807) is 0 Å². The molecule has 2 nitrogen and oxygen atoms in total. The van der Waals surface area contributed by atoms with Crippen molar-refractivity contribution in [2.45, 2.75) is 37.9 Å². The molecule has 0 N–H and O–H groups in total. The van der Waals surface area contributed by atoms with Crippen molar-refractivity contribution >= 4 is 0 Å². The summed E-state index contributed by atoms with van der Waals surface area (Å²) in [7, 11) is 0. The highest BCUT2D eigenvalue weighted by Gasteiger charge is 2.23. The van der Waals surface area contributed by atoms with Crippen LogP contribution in [-0.4, -0.2) is 25.4 Å². The molecule has 10 heavy (non-hydrogen) atoms. The lowest BCUT2D eigenvalue weighted by Crippen LogP contribution is -1.88. The van der Waals surface area contributed by atoms with Crippen LogP contribution in [0.4, 0.5) is 0 Å². The predicted molar refractivity (Wildman–Crippen MR) is 37.9 cm³/mol. The molecule has 2 rings (SSSR count). The Hall–Kier alpha value is -0.0800. The predicted octanol–water partition coefficient (Wildman–Crippen LogP) is 1.34. The summed E-state index contributed by atoms with van der Waals surface area (Å²) in [6.45, 7) is 2.03. The fraction of sp³-hybridized carbons (Fsp3) is 1.00. The maximum atomic E-state index is 5.10. The Morgan fingerprint density at radius 1 is 0.900 bits per heavy atom. The Kier molecular flexibility index (Phi) is 1.91. The molecule has 2 aliphatic heterocycles. The van der Waals surface area contributed by atoms with E-state index in [4.69, 9.17) is 9.47 Å². The van der Waals surface area contributed by atoms with E-state index in [9.17, 15) is 0 Å². The van der Waals surface area contributed by atoms with Gasteiger partial charge in [-0.25, -0.2) is 0 Å². The molecule has 0 aromatic heterocycles. The zero-order chi connectivity index (χ0) is 6.81. The third-order valence-electron chi connectivity index (χ3n) is 2.11. The number of hydrogen-bond acceptors (Lipinski definition) is 2. The molecule has 2 heterocycles. The monoisotopic (exact) mass is 142 g/mol. The van der Waals surface area contributed by atoms with Gasteiger partial charge in [-0.15, -0.1) is 0 Å². The van der Waals surface area contributed by atoms with Crippen molar-refractivity contribution in [1.82, 2.24) is 0 Å². The van der Waals surface area contributed by atoms with Crippen molar-refractivity contribution in [2.24, 2.45) is 0 Å². The van der Waals surface area contributed by atoms with Crippen LogP contribution in [0.15, 0.2) is 0 Å². The molecule has 0 spiro atoms. The van der Waals surface area contributed by atoms with E-state index in [1.807, 2.05) is 0 Å². The molecule has 2 atom stereocenters. The summed E-state index contributed by atoms with van der Waals surface area (Å²) in [4.78, 5) is 0. The van der Waals surface area contributed by atoms with Gasteiger partial charge in [-0.05, 0) is 12.8 Å². The first-order valence-electron chi connectivity index (χ1n) is 4.18. The maximum absolute atomic E-state index is 5.10. The minimum absolute atomic E-state index is 0.625. The largest absolute Gasteiger partial charge is 0.373 e. The standard InChI is InChI=1S/C8H14O2/c1(3-7-5-9-7)2-4-8-6-10-8/h7-8H,1-6H2/t7-,8?/m0/s1. The molecule has 2 saturated heterocycles. The van der Waals surface area contributed by atoms with Gasteiger partial charge in [0.25, 0.3) is 0 Å². The average Bonchev–Trinajstić information content (AvgIpc) is 2.77. The Bertz CT molecular complexity index is 91.8. The van der Waals surface area contributed by atoms with E-state index >= 15 is 0 Å². The fourth-order valence-corrected chi connectivity index (χ4v) is 1.21. The second kappa shape index (κ2) is 2.89. The van der Waals surface area contributed by atoms with Crippen LogP contribution < -0.4 is 0 Å². The van der Waals surface area contributed by atoms with E-state index in [-0.39, 0.29) is 0 Å². The van der Waals surface area contributed by atoms with E-state index < -0.39 is 0 Å². The van der Waals surface area contributed by atoms with Gasteiger partial charge in [-0.2, -0.15) is 0 Å². The number of ether oxygens (including phenoxy) is 2. The molecule has 2 aliphatic rings. The summed E-state index contributed by atoms with van der Waals surface area (Å²) in [5, 5.41) is 0. The second-order valence-electron chi connectivity index (χ2n) is 3.20. The van der Waals surface area contributed by atoms with Crippen LogP contribution in [0.5, 0.6) is 0 Å². The summed E-state index contributed by atoms with van der Waals surface area (Å²) in [6, 6.07) is 0. The summed E-state index contributed by atoms with van der Waals surface area (Å²) in [5.74, 6) is 0. The Balaban J connectivity index is 1.40. The highest BCUT2D eigenvalue weighted by Crippen LogP contribution is 2.21. The SMILES string of the molecule is C(CC[C@H]1CO1)CC1CO1. The molecular formula is C8H14O2. The van der Waals surface area contributed by atoms with Gasteiger partial charge in [0.15, 0.2) is 0 Å². The third kappa shape index (κ3) is 2.27. The van der Waals surface area contributed by atoms with Crippen LogP contribution in [0, 0.1) is 0 Å². The molecule has 0 bridgehead atoms. The zero-order valence-electron chi connectivity index (χ0n) is 6.21. The molecule has 2 heteroatoms. The van der Waals surface area contributed by atoms with Gasteiger partial charge in [0.05, 0.1) is 25.4 Å². The molecule has 0 radical (unpaired) electrons. The summed E-state index contributed by atoms with van der Waals surface area (Å²) in [5.41, 5.74) is 0. The topological polar surface area (TPSA) is 25.1 Å². The maximum Gasteiger partial charge on any atom is 0.0810 e. The first-order chi connectivity index (χ1) is 4.95. The quantitative estimate of drug-likeness (QED) is 0.427. The molecule has 0 aliphatic carbocycles. The molecule has 1 unspecified atom stereocenters. The van der Waals surface area contributed by atoms with Gasteiger partial charge in [0.2, 0.25) is 0 Å². The molecule has 0 aromatic rings. The number of epoxide rings is 2. The highest BCUT2D eigenvalue weighted by molar-refractivity contribution is 4.71. The van der Waals surface area contributed by atoms with Crippen molar-refractivity contribution in [3.8, 4) is 0 Å². The first kappa shape index (κ1) is 6.62. The lowest BCUT2D eigenvalue weighted by atomic mass is 10.1. The van der Waals surface area contributed by atoms with Crippen LogP contribution in [0.2, 0.25) is 0 Å². The summed E-state index contributed by atoms with van der Waals surface area (Å²) in [6.07, 6.45) is 6.44. The van der Waals surface area contributed by atoms with Crippen molar-refractivity contribution in [2.75, 3.05) is 13.2 Å². The van der Waals surface area contributed by atoms with Gasteiger partial charge in [-0.1, -0.05) is 12.8 Å². The van der Waals surface area contributed by atoms with E-state index in [0.29, 0.717) is 12.2 Å². The van der Waals surface area contributed by atoms with E-state index in [2.05, 4.69) is 0 Å². The van der Waals surface area contributed by atoms with Gasteiger partial charge < -0.3 is 9.47 Å². The zero-order valence-corrected chi connectivity index (χ0v) is 6.21. The molecule has 2 fully saturated rings. The summed E-state index contributed by atoms with van der Waals surface area (Å²) < 4.78 is 10.2. The van der Waals surface area contributed by atoms with E-state index in [1.165, 1.54) is 25.7 Å². The van der Waals surface area contributed by atoms with Gasteiger partial charge in [0.1, 0.15) is 0 Å². The smallest absolute Gasteiger partial charge is 0.0810 e. The number of hydrogen-bond donors (Lipinski definition) is 0. The van der Waals surface area contributed by atoms with Gasteiger partial charge >= 0.3 is 0 Å². The van der Waals surface area contributed by atoms with Crippen LogP contribution in [0.3, 0.4) is 0 Å². The minimum atomic E-state index is 0.625. The molecule has 0 aromatic carbocycles. The lowest BCUT2D eigenvalue weighted by molar-refractivity contribution is 0.370.